The summed E-state index contributed by atoms with van der Waals surface area (Å²) in [5.41, 5.74) is 0.320. The summed E-state index contributed by atoms with van der Waals surface area (Å²) in [6, 6.07) is 18.7. The van der Waals surface area contributed by atoms with Crippen molar-refractivity contribution in [3.05, 3.63) is 84.4 Å². The van der Waals surface area contributed by atoms with Gasteiger partial charge in [0.2, 0.25) is 0 Å². The zero-order valence-corrected chi connectivity index (χ0v) is 17.3. The lowest BCUT2D eigenvalue weighted by molar-refractivity contribution is -0.141. The van der Waals surface area contributed by atoms with Crippen LogP contribution in [-0.2, 0) is 28.3 Å². The molecule has 0 aliphatic rings. The van der Waals surface area contributed by atoms with Gasteiger partial charge in [0.15, 0.2) is 0 Å². The number of allylic oxidation sites excluding steroid dienone is 1. The molecule has 0 unspecified atom stereocenters. The van der Waals surface area contributed by atoms with Crippen LogP contribution in [0.25, 0.3) is 0 Å². The zero-order valence-electron chi connectivity index (χ0n) is 16.4. The van der Waals surface area contributed by atoms with Gasteiger partial charge in [-0.3, -0.25) is 13.8 Å². The maximum absolute atomic E-state index is 13.5. The lowest BCUT2D eigenvalue weighted by Gasteiger charge is -2.33. The van der Waals surface area contributed by atoms with E-state index >= 15 is 0 Å². The molecule has 0 heterocycles. The summed E-state index contributed by atoms with van der Waals surface area (Å²) in [7, 11) is -4.02. The zero-order chi connectivity index (χ0) is 20.5. The lowest BCUT2D eigenvalue weighted by Crippen LogP contribution is -2.38. The molecule has 0 saturated heterocycles. The van der Waals surface area contributed by atoms with Crippen LogP contribution in [0.1, 0.15) is 37.8 Å². The molecule has 6 heteroatoms. The molecule has 150 valence electrons. The molecule has 0 radical (unpaired) electrons. The molecule has 0 N–H and O–H groups in total. The standard InChI is InChI=1S/C22H27O5P/c1-4-7-18-22(19-14-10-8-11-15-19,20-16-12-9-13-17-20)21(23)27-28(24,25-5-2)26-6-3/h4,8-17H,1,5-7,18H2,2-3H3. The summed E-state index contributed by atoms with van der Waals surface area (Å²) in [5, 5.41) is 0. The predicted molar refractivity (Wildman–Crippen MR) is 110 cm³/mol. The first kappa shape index (κ1) is 22.1. The molecular weight excluding hydrogens is 375 g/mol. The molecule has 0 amide bonds. The van der Waals surface area contributed by atoms with Crippen molar-refractivity contribution in [1.29, 1.82) is 0 Å². The van der Waals surface area contributed by atoms with Crippen molar-refractivity contribution in [3.63, 3.8) is 0 Å². The maximum atomic E-state index is 13.5. The van der Waals surface area contributed by atoms with E-state index < -0.39 is 19.2 Å². The van der Waals surface area contributed by atoms with Gasteiger partial charge in [0.05, 0.1) is 13.2 Å². The summed E-state index contributed by atoms with van der Waals surface area (Å²) in [6.07, 6.45) is 2.71. The van der Waals surface area contributed by atoms with Gasteiger partial charge in [0.25, 0.3) is 0 Å². The highest BCUT2D eigenvalue weighted by Crippen LogP contribution is 2.52. The highest BCUT2D eigenvalue weighted by atomic mass is 31.2. The van der Waals surface area contributed by atoms with E-state index in [0.29, 0.717) is 12.8 Å². The van der Waals surface area contributed by atoms with Crippen LogP contribution in [0.15, 0.2) is 73.3 Å². The highest BCUT2D eigenvalue weighted by Gasteiger charge is 2.46. The van der Waals surface area contributed by atoms with Gasteiger partial charge in [-0.05, 0) is 37.8 Å². The average Bonchev–Trinajstić information content (AvgIpc) is 2.70. The highest BCUT2D eigenvalue weighted by molar-refractivity contribution is 7.49. The van der Waals surface area contributed by atoms with Gasteiger partial charge in [0, 0.05) is 0 Å². The van der Waals surface area contributed by atoms with E-state index in [1.807, 2.05) is 60.7 Å². The topological polar surface area (TPSA) is 61.8 Å². The van der Waals surface area contributed by atoms with Crippen molar-refractivity contribution < 1.29 is 22.9 Å². The third-order valence-electron chi connectivity index (χ3n) is 4.37. The number of rotatable bonds is 11. The minimum atomic E-state index is -4.02. The Bertz CT molecular complexity index is 755. The normalized spacial score (nSPS) is 11.8. The van der Waals surface area contributed by atoms with Crippen molar-refractivity contribution >= 4 is 13.8 Å². The molecule has 0 aliphatic heterocycles. The Balaban J connectivity index is 2.60. The summed E-state index contributed by atoms with van der Waals surface area (Å²) >= 11 is 0. The fourth-order valence-electron chi connectivity index (χ4n) is 3.14. The largest absolute Gasteiger partial charge is 0.532 e. The van der Waals surface area contributed by atoms with Gasteiger partial charge in [-0.15, -0.1) is 6.58 Å². The molecule has 2 aromatic carbocycles. The fraction of sp³-hybridized carbons (Fsp3) is 0.318. The number of hydrogen-bond acceptors (Lipinski definition) is 5. The van der Waals surface area contributed by atoms with Crippen LogP contribution >= 0.6 is 7.82 Å². The van der Waals surface area contributed by atoms with Crippen LogP contribution in [0.4, 0.5) is 0 Å². The first-order valence-corrected chi connectivity index (χ1v) is 10.8. The Morgan fingerprint density at radius 3 is 1.82 bits per heavy atom. The number of carbonyl (C=O) groups excluding carboxylic acids is 1. The summed E-state index contributed by atoms with van der Waals surface area (Å²) in [4.78, 5) is 13.5. The molecule has 5 nitrogen and oxygen atoms in total. The van der Waals surface area contributed by atoms with E-state index in [9.17, 15) is 9.36 Å². The van der Waals surface area contributed by atoms with Gasteiger partial charge in [-0.2, -0.15) is 0 Å². The van der Waals surface area contributed by atoms with Crippen molar-refractivity contribution in [1.82, 2.24) is 0 Å². The molecule has 0 fully saturated rings. The van der Waals surface area contributed by atoms with Crippen LogP contribution in [0.2, 0.25) is 0 Å². The SMILES string of the molecule is C=CCCC(C(=O)OP(=O)(OCC)OCC)(c1ccccc1)c1ccccc1. The van der Waals surface area contributed by atoms with Gasteiger partial charge in [-0.25, -0.2) is 4.57 Å². The minimum Gasteiger partial charge on any atom is -0.369 e. The van der Waals surface area contributed by atoms with Crippen LogP contribution < -0.4 is 0 Å². The minimum absolute atomic E-state index is 0.0981. The number of benzene rings is 2. The Morgan fingerprint density at radius 2 is 1.43 bits per heavy atom. The Labute approximate surface area is 167 Å². The smallest absolute Gasteiger partial charge is 0.369 e. The third kappa shape index (κ3) is 4.99. The third-order valence-corrected chi connectivity index (χ3v) is 5.91. The van der Waals surface area contributed by atoms with E-state index in [1.54, 1.807) is 19.9 Å². The van der Waals surface area contributed by atoms with Crippen LogP contribution in [0.3, 0.4) is 0 Å². The van der Waals surface area contributed by atoms with Gasteiger partial charge in [-0.1, -0.05) is 66.7 Å². The van der Waals surface area contributed by atoms with E-state index in [1.165, 1.54) is 0 Å². The van der Waals surface area contributed by atoms with Gasteiger partial charge >= 0.3 is 13.8 Å². The summed E-state index contributed by atoms with van der Waals surface area (Å²) in [6.45, 7) is 7.31. The van der Waals surface area contributed by atoms with E-state index in [0.717, 1.165) is 11.1 Å². The Morgan fingerprint density at radius 1 is 0.964 bits per heavy atom. The molecule has 2 rings (SSSR count). The number of carbonyl (C=O) groups is 1. The average molecular weight is 402 g/mol. The second kappa shape index (κ2) is 10.4. The van der Waals surface area contributed by atoms with Gasteiger partial charge < -0.3 is 4.52 Å². The summed E-state index contributed by atoms with van der Waals surface area (Å²) in [5.74, 6) is -0.669. The molecule has 0 atom stereocenters. The van der Waals surface area contributed by atoms with E-state index in [-0.39, 0.29) is 13.2 Å². The molecule has 2 aromatic rings. The quantitative estimate of drug-likeness (QED) is 0.358. The van der Waals surface area contributed by atoms with Crippen LogP contribution in [0, 0.1) is 0 Å². The molecule has 28 heavy (non-hydrogen) atoms. The number of phosphoric acid groups is 1. The van der Waals surface area contributed by atoms with Gasteiger partial charge in [0.1, 0.15) is 5.41 Å². The maximum Gasteiger partial charge on any atom is 0.532 e. The van der Waals surface area contributed by atoms with Crippen LogP contribution in [0.5, 0.6) is 0 Å². The fourth-order valence-corrected chi connectivity index (χ4v) is 4.31. The molecule has 0 saturated carbocycles. The first-order chi connectivity index (χ1) is 13.5. The second-order valence-electron chi connectivity index (χ2n) is 6.13. The van der Waals surface area contributed by atoms with E-state index in [4.69, 9.17) is 13.6 Å². The van der Waals surface area contributed by atoms with Crippen LogP contribution in [-0.4, -0.2) is 19.2 Å². The Kier molecular flexibility index (Phi) is 8.18. The van der Waals surface area contributed by atoms with Crippen molar-refractivity contribution in [2.75, 3.05) is 13.2 Å². The predicted octanol–water partition coefficient (Wildman–Crippen LogP) is 5.66. The summed E-state index contributed by atoms with van der Waals surface area (Å²) < 4.78 is 28.7. The van der Waals surface area contributed by atoms with Crippen molar-refractivity contribution in [3.8, 4) is 0 Å². The van der Waals surface area contributed by atoms with Crippen molar-refractivity contribution in [2.45, 2.75) is 32.1 Å². The second-order valence-corrected chi connectivity index (χ2v) is 7.72. The molecule has 0 spiro atoms. The number of hydrogen-bond donors (Lipinski definition) is 0. The molecule has 0 bridgehead atoms. The Hall–Kier alpha value is -2.20. The molecule has 0 aliphatic carbocycles. The first-order valence-electron chi connectivity index (χ1n) is 9.37. The molecule has 0 aromatic heterocycles. The monoisotopic (exact) mass is 402 g/mol. The van der Waals surface area contributed by atoms with E-state index in [2.05, 4.69) is 6.58 Å². The van der Waals surface area contributed by atoms with Crippen molar-refractivity contribution in [2.24, 2.45) is 0 Å². The lowest BCUT2D eigenvalue weighted by atomic mass is 9.71. The molecular formula is C22H27O5P. The number of phosphoric ester groups is 1.